The quantitative estimate of drug-likeness (QED) is 0.700. The fourth-order valence-corrected chi connectivity index (χ4v) is 3.68. The fraction of sp³-hybridized carbons (Fsp3) is 0.455. The number of hydrogen-bond donors (Lipinski definition) is 0. The van der Waals surface area contributed by atoms with Gasteiger partial charge in [-0.05, 0) is 45.0 Å². The number of piperazine rings is 1. The Balaban J connectivity index is 1.48. The summed E-state index contributed by atoms with van der Waals surface area (Å²) >= 11 is 5.96. The van der Waals surface area contributed by atoms with Crippen molar-refractivity contribution in [3.8, 4) is 11.5 Å². The smallest absolute Gasteiger partial charge is 0.410 e. The average molecular weight is 432 g/mol. The normalized spacial score (nSPS) is 21.0. The Morgan fingerprint density at radius 1 is 1.13 bits per heavy atom. The molecule has 2 aliphatic heterocycles. The number of carbonyl (C=O) groups excluding carboxylic acids is 1. The second-order valence-electron chi connectivity index (χ2n) is 8.57. The van der Waals surface area contributed by atoms with Crippen molar-refractivity contribution in [3.05, 3.63) is 47.2 Å². The van der Waals surface area contributed by atoms with E-state index in [9.17, 15) is 4.79 Å². The van der Waals surface area contributed by atoms with Crippen molar-refractivity contribution in [2.75, 3.05) is 31.1 Å². The minimum absolute atomic E-state index is 0.276. The molecule has 0 aliphatic carbocycles. The number of benzene rings is 1. The Labute approximate surface area is 181 Å². The van der Waals surface area contributed by atoms with Gasteiger partial charge in [0.25, 0.3) is 5.79 Å². The highest BCUT2D eigenvalue weighted by Crippen LogP contribution is 2.49. The van der Waals surface area contributed by atoms with Gasteiger partial charge >= 0.3 is 6.09 Å². The Morgan fingerprint density at radius 3 is 2.50 bits per heavy atom. The summed E-state index contributed by atoms with van der Waals surface area (Å²) in [6.07, 6.45) is 1.30. The molecule has 2 aliphatic rings. The summed E-state index contributed by atoms with van der Waals surface area (Å²) in [6, 6.07) is 9.40. The van der Waals surface area contributed by atoms with Gasteiger partial charge in [-0.15, -0.1) is 0 Å². The van der Waals surface area contributed by atoms with Crippen LogP contribution in [0.1, 0.15) is 33.4 Å². The van der Waals surface area contributed by atoms with Gasteiger partial charge < -0.3 is 24.0 Å². The molecule has 0 bridgehead atoms. The van der Waals surface area contributed by atoms with Gasteiger partial charge in [-0.1, -0.05) is 17.7 Å². The molecular formula is C22H26ClN3O4. The van der Waals surface area contributed by atoms with E-state index in [1.807, 2.05) is 45.9 Å². The third kappa shape index (κ3) is 4.12. The number of aromatic nitrogens is 1. The highest BCUT2D eigenvalue weighted by Gasteiger charge is 2.42. The number of fused-ring (bicyclic) bond motifs is 1. The summed E-state index contributed by atoms with van der Waals surface area (Å²) < 4.78 is 17.9. The molecule has 0 unspecified atom stereocenters. The monoisotopic (exact) mass is 431 g/mol. The Kier molecular flexibility index (Phi) is 5.18. The minimum Gasteiger partial charge on any atom is -0.444 e. The first kappa shape index (κ1) is 20.6. The van der Waals surface area contributed by atoms with Crippen LogP contribution in [0.3, 0.4) is 0 Å². The second kappa shape index (κ2) is 7.54. The number of ether oxygens (including phenoxy) is 3. The first-order valence-electron chi connectivity index (χ1n) is 10.0. The summed E-state index contributed by atoms with van der Waals surface area (Å²) in [6.45, 7) is 9.97. The molecule has 1 fully saturated rings. The number of carbonyl (C=O) groups is 1. The van der Waals surface area contributed by atoms with E-state index in [4.69, 9.17) is 25.8 Å². The molecule has 30 heavy (non-hydrogen) atoms. The van der Waals surface area contributed by atoms with E-state index in [0.29, 0.717) is 48.4 Å². The number of rotatable bonds is 2. The summed E-state index contributed by atoms with van der Waals surface area (Å²) in [7, 11) is 0. The zero-order valence-corrected chi connectivity index (χ0v) is 18.4. The number of anilines is 1. The Bertz CT molecular complexity index is 936. The molecule has 0 N–H and O–H groups in total. The molecule has 0 saturated carbocycles. The maximum atomic E-state index is 12.3. The molecular weight excluding hydrogens is 406 g/mol. The lowest BCUT2D eigenvalue weighted by Gasteiger charge is -2.37. The van der Waals surface area contributed by atoms with Crippen LogP contribution in [0.5, 0.6) is 11.5 Å². The maximum Gasteiger partial charge on any atom is 0.410 e. The maximum absolute atomic E-state index is 12.3. The van der Waals surface area contributed by atoms with Crippen molar-refractivity contribution in [1.29, 1.82) is 0 Å². The summed E-state index contributed by atoms with van der Waals surface area (Å²) in [5.41, 5.74) is 1.08. The third-order valence-corrected chi connectivity index (χ3v) is 5.25. The van der Waals surface area contributed by atoms with E-state index in [0.717, 1.165) is 5.69 Å². The number of halogens is 1. The number of hydrogen-bond acceptors (Lipinski definition) is 6. The van der Waals surface area contributed by atoms with Crippen molar-refractivity contribution >= 4 is 23.4 Å². The van der Waals surface area contributed by atoms with E-state index in [1.165, 1.54) is 0 Å². The van der Waals surface area contributed by atoms with Gasteiger partial charge in [0, 0.05) is 39.3 Å². The molecule has 1 amide bonds. The molecule has 1 aromatic heterocycles. The molecule has 1 atom stereocenters. The van der Waals surface area contributed by atoms with E-state index in [-0.39, 0.29) is 6.09 Å². The fourth-order valence-electron chi connectivity index (χ4n) is 3.57. The molecule has 8 heteroatoms. The van der Waals surface area contributed by atoms with Gasteiger partial charge in [0.05, 0.1) is 10.7 Å². The van der Waals surface area contributed by atoms with E-state index >= 15 is 0 Å². The van der Waals surface area contributed by atoms with Crippen LogP contribution >= 0.6 is 11.6 Å². The first-order chi connectivity index (χ1) is 14.1. The van der Waals surface area contributed by atoms with E-state index in [2.05, 4.69) is 9.88 Å². The standard InChI is InChI=1S/C22H26ClN3O4/c1-21(2,3)30-20(27)26-12-10-25(11-13-26)16-6-5-7-17-19(16)29-22(4,28-17)18-9-8-15(23)14-24-18/h5-9,14H,10-13H2,1-4H3/t22-/m1/s1. The largest absolute Gasteiger partial charge is 0.444 e. The Morgan fingerprint density at radius 2 is 1.87 bits per heavy atom. The molecule has 7 nitrogen and oxygen atoms in total. The van der Waals surface area contributed by atoms with Crippen molar-refractivity contribution in [1.82, 2.24) is 9.88 Å². The van der Waals surface area contributed by atoms with Gasteiger partial charge in [0.15, 0.2) is 11.5 Å². The molecule has 3 heterocycles. The van der Waals surface area contributed by atoms with Crippen LogP contribution < -0.4 is 14.4 Å². The zero-order chi connectivity index (χ0) is 21.5. The predicted octanol–water partition coefficient (Wildman–Crippen LogP) is 4.44. The highest BCUT2D eigenvalue weighted by atomic mass is 35.5. The lowest BCUT2D eigenvalue weighted by molar-refractivity contribution is -0.0715. The number of para-hydroxylation sites is 1. The van der Waals surface area contributed by atoms with Crippen molar-refractivity contribution in [2.45, 2.75) is 39.1 Å². The molecule has 1 aromatic carbocycles. The van der Waals surface area contributed by atoms with Gasteiger partial charge in [-0.2, -0.15) is 0 Å². The van der Waals surface area contributed by atoms with Gasteiger partial charge in [0.2, 0.25) is 0 Å². The van der Waals surface area contributed by atoms with Crippen LogP contribution in [-0.2, 0) is 10.5 Å². The van der Waals surface area contributed by atoms with Crippen LogP contribution in [-0.4, -0.2) is 47.8 Å². The van der Waals surface area contributed by atoms with E-state index in [1.54, 1.807) is 23.2 Å². The average Bonchev–Trinajstić information content (AvgIpc) is 3.04. The number of pyridine rings is 1. The first-order valence-corrected chi connectivity index (χ1v) is 10.4. The van der Waals surface area contributed by atoms with Crippen molar-refractivity contribution < 1.29 is 19.0 Å². The van der Waals surface area contributed by atoms with Gasteiger partial charge in [0.1, 0.15) is 11.3 Å². The molecule has 0 spiro atoms. The molecule has 160 valence electrons. The molecule has 0 radical (unpaired) electrons. The summed E-state index contributed by atoms with van der Waals surface area (Å²) in [5, 5.41) is 0.557. The van der Waals surface area contributed by atoms with Crippen LogP contribution in [0.15, 0.2) is 36.5 Å². The van der Waals surface area contributed by atoms with Crippen LogP contribution in [0.2, 0.25) is 5.02 Å². The third-order valence-electron chi connectivity index (χ3n) is 5.02. The van der Waals surface area contributed by atoms with Gasteiger partial charge in [-0.3, -0.25) is 4.98 Å². The lowest BCUT2D eigenvalue weighted by atomic mass is 10.2. The van der Waals surface area contributed by atoms with Crippen molar-refractivity contribution in [2.24, 2.45) is 0 Å². The zero-order valence-electron chi connectivity index (χ0n) is 17.6. The topological polar surface area (TPSA) is 64.1 Å². The second-order valence-corrected chi connectivity index (χ2v) is 9.01. The van der Waals surface area contributed by atoms with E-state index < -0.39 is 11.4 Å². The molecule has 1 saturated heterocycles. The number of amides is 1. The SMILES string of the molecule is CC(C)(C)OC(=O)N1CCN(c2cccc3c2O[C@](C)(c2ccc(Cl)cn2)O3)CC1. The van der Waals surface area contributed by atoms with Crippen molar-refractivity contribution in [3.63, 3.8) is 0 Å². The highest BCUT2D eigenvalue weighted by molar-refractivity contribution is 6.30. The molecule has 2 aromatic rings. The summed E-state index contributed by atoms with van der Waals surface area (Å²) in [4.78, 5) is 20.6. The molecule has 4 rings (SSSR count). The number of nitrogens with zero attached hydrogens (tertiary/aromatic N) is 3. The minimum atomic E-state index is -1.03. The van der Waals surface area contributed by atoms with Crippen LogP contribution in [0.4, 0.5) is 10.5 Å². The van der Waals surface area contributed by atoms with Gasteiger partial charge in [-0.25, -0.2) is 4.79 Å². The predicted molar refractivity (Wildman–Crippen MR) is 114 cm³/mol. The lowest BCUT2D eigenvalue weighted by Crippen LogP contribution is -2.50. The van der Waals surface area contributed by atoms with Crippen LogP contribution in [0, 0.1) is 0 Å². The van der Waals surface area contributed by atoms with Crippen LogP contribution in [0.25, 0.3) is 0 Å². The Hall–Kier alpha value is -2.67. The summed E-state index contributed by atoms with van der Waals surface area (Å²) in [5.74, 6) is 0.324.